The number of esters is 1. The highest BCUT2D eigenvalue weighted by atomic mass is 35.5. The number of halogens is 1. The van der Waals surface area contributed by atoms with Gasteiger partial charge in [-0.25, -0.2) is 13.2 Å². The number of hydrogen-bond donors (Lipinski definition) is 0. The van der Waals surface area contributed by atoms with Crippen molar-refractivity contribution in [3.63, 3.8) is 0 Å². The zero-order valence-electron chi connectivity index (χ0n) is 13.7. The highest BCUT2D eigenvalue weighted by Gasteiger charge is 2.43. The third-order valence-corrected chi connectivity index (χ3v) is 5.92. The van der Waals surface area contributed by atoms with Gasteiger partial charge in [-0.05, 0) is 43.7 Å². The summed E-state index contributed by atoms with van der Waals surface area (Å²) in [6.45, 7) is 3.50. The summed E-state index contributed by atoms with van der Waals surface area (Å²) in [5, 5.41) is 0.472. The number of ether oxygens (including phenoxy) is 2. The Labute approximate surface area is 154 Å². The van der Waals surface area contributed by atoms with E-state index < -0.39 is 21.4 Å². The lowest BCUT2D eigenvalue weighted by Crippen LogP contribution is -2.22. The van der Waals surface area contributed by atoms with Crippen molar-refractivity contribution >= 4 is 44.3 Å². The Bertz CT molecular complexity index is 969. The predicted octanol–water partition coefficient (Wildman–Crippen LogP) is 3.93. The minimum atomic E-state index is -3.30. The molecule has 0 aliphatic carbocycles. The molecule has 25 heavy (non-hydrogen) atoms. The van der Waals surface area contributed by atoms with Crippen LogP contribution in [0.25, 0.3) is 5.57 Å². The highest BCUT2D eigenvalue weighted by Crippen LogP contribution is 2.41. The molecule has 1 aliphatic heterocycles. The van der Waals surface area contributed by atoms with E-state index >= 15 is 0 Å². The summed E-state index contributed by atoms with van der Waals surface area (Å²) in [6.07, 6.45) is 1.14. The van der Waals surface area contributed by atoms with Gasteiger partial charge >= 0.3 is 5.97 Å². The van der Waals surface area contributed by atoms with Crippen LogP contribution in [0.4, 0.5) is 0 Å². The molecule has 1 aromatic carbocycles. The lowest BCUT2D eigenvalue weighted by Gasteiger charge is -2.21. The fourth-order valence-electron chi connectivity index (χ4n) is 2.60. The Morgan fingerprint density at radius 1 is 1.12 bits per heavy atom. The Morgan fingerprint density at radius 3 is 2.28 bits per heavy atom. The molecule has 0 N–H and O–H groups in total. The van der Waals surface area contributed by atoms with Gasteiger partial charge < -0.3 is 9.47 Å². The average Bonchev–Trinajstić information content (AvgIpc) is 2.99. The van der Waals surface area contributed by atoms with Gasteiger partial charge in [0.1, 0.15) is 5.60 Å². The van der Waals surface area contributed by atoms with Crippen LogP contribution in [0.15, 0.2) is 47.1 Å². The van der Waals surface area contributed by atoms with Crippen LogP contribution in [0.2, 0.25) is 4.34 Å². The molecule has 0 atom stereocenters. The summed E-state index contributed by atoms with van der Waals surface area (Å²) in [5.41, 5.74) is 0.308. The van der Waals surface area contributed by atoms with Gasteiger partial charge in [0.25, 0.3) is 0 Å². The molecule has 3 rings (SSSR count). The van der Waals surface area contributed by atoms with Gasteiger partial charge in [-0.15, -0.1) is 0 Å². The summed E-state index contributed by atoms with van der Waals surface area (Å²) in [7, 11) is -3.30. The molecule has 5 nitrogen and oxygen atoms in total. The maximum Gasteiger partial charge on any atom is 0.375 e. The quantitative estimate of drug-likeness (QED) is 0.730. The Balaban J connectivity index is 2.08. The number of carbonyl (C=O) groups excluding carboxylic acids is 1. The van der Waals surface area contributed by atoms with Crippen LogP contribution in [0.3, 0.4) is 0 Å². The fraction of sp³-hybridized carbons (Fsp3) is 0.235. The molecule has 0 saturated heterocycles. The van der Waals surface area contributed by atoms with Crippen LogP contribution in [-0.4, -0.2) is 26.2 Å². The molecule has 132 valence electrons. The summed E-state index contributed by atoms with van der Waals surface area (Å²) < 4.78 is 34.9. The Hall–Kier alpha value is -1.83. The lowest BCUT2D eigenvalue weighted by atomic mass is 9.92. The van der Waals surface area contributed by atoms with Crippen LogP contribution in [0, 0.1) is 0 Å². The molecule has 8 heteroatoms. The van der Waals surface area contributed by atoms with Crippen molar-refractivity contribution in [1.29, 1.82) is 0 Å². The minimum Gasteiger partial charge on any atom is -0.449 e. The maximum atomic E-state index is 12.3. The molecule has 2 heterocycles. The molecule has 0 radical (unpaired) electrons. The zero-order chi connectivity index (χ0) is 18.4. The van der Waals surface area contributed by atoms with Gasteiger partial charge in [-0.2, -0.15) is 0 Å². The van der Waals surface area contributed by atoms with Crippen molar-refractivity contribution in [2.24, 2.45) is 0 Å². The van der Waals surface area contributed by atoms with E-state index in [1.54, 1.807) is 38.1 Å². The molecule has 0 saturated carbocycles. The number of rotatable bonds is 4. The largest absolute Gasteiger partial charge is 0.449 e. The molecule has 0 amide bonds. The number of sulfone groups is 1. The third-order valence-electron chi connectivity index (χ3n) is 3.68. The molecule has 0 unspecified atom stereocenters. The van der Waals surface area contributed by atoms with Gasteiger partial charge in [-0.3, -0.25) is 0 Å². The van der Waals surface area contributed by atoms with E-state index in [1.165, 1.54) is 23.5 Å². The first-order valence-electron chi connectivity index (χ1n) is 7.30. The highest BCUT2D eigenvalue weighted by molar-refractivity contribution is 7.90. The SMILES string of the molecule is CC1(C)OC(=O)C(Oc2ccc(Cl)s2)=C1c1ccc(S(C)(=O)=O)cc1. The molecular weight excluding hydrogens is 384 g/mol. The van der Waals surface area contributed by atoms with E-state index in [1.807, 2.05) is 0 Å². The van der Waals surface area contributed by atoms with Crippen molar-refractivity contribution in [1.82, 2.24) is 0 Å². The normalized spacial score (nSPS) is 16.9. The summed E-state index contributed by atoms with van der Waals surface area (Å²) >= 11 is 7.10. The monoisotopic (exact) mass is 398 g/mol. The average molecular weight is 399 g/mol. The van der Waals surface area contributed by atoms with Crippen LogP contribution in [-0.2, 0) is 19.4 Å². The second-order valence-electron chi connectivity index (χ2n) is 6.06. The van der Waals surface area contributed by atoms with Crippen LogP contribution >= 0.6 is 22.9 Å². The number of hydrogen-bond acceptors (Lipinski definition) is 6. The van der Waals surface area contributed by atoms with Crippen molar-refractivity contribution in [3.05, 3.63) is 52.1 Å². The predicted molar refractivity (Wildman–Crippen MR) is 96.6 cm³/mol. The van der Waals surface area contributed by atoms with E-state index in [4.69, 9.17) is 21.1 Å². The smallest absolute Gasteiger partial charge is 0.375 e. The second-order valence-corrected chi connectivity index (χ2v) is 9.75. The van der Waals surface area contributed by atoms with Crippen molar-refractivity contribution in [2.45, 2.75) is 24.3 Å². The van der Waals surface area contributed by atoms with Crippen LogP contribution < -0.4 is 4.74 Å². The first-order chi connectivity index (χ1) is 11.6. The molecular formula is C17H15ClO5S2. The van der Waals surface area contributed by atoms with E-state index in [2.05, 4.69) is 0 Å². The molecule has 0 bridgehead atoms. The van der Waals surface area contributed by atoms with E-state index in [-0.39, 0.29) is 10.7 Å². The topological polar surface area (TPSA) is 69.7 Å². The van der Waals surface area contributed by atoms with Gasteiger partial charge in [0.2, 0.25) is 5.76 Å². The zero-order valence-corrected chi connectivity index (χ0v) is 16.1. The molecule has 0 fully saturated rings. The molecule has 1 aromatic heterocycles. The molecule has 1 aliphatic rings. The molecule has 0 spiro atoms. The van der Waals surface area contributed by atoms with Gasteiger partial charge in [0.05, 0.1) is 14.8 Å². The number of thiophene rings is 1. The first-order valence-corrected chi connectivity index (χ1v) is 10.4. The third kappa shape index (κ3) is 3.58. The number of benzene rings is 1. The first kappa shape index (κ1) is 18.0. The minimum absolute atomic E-state index is 0.0793. The van der Waals surface area contributed by atoms with E-state index in [9.17, 15) is 13.2 Å². The van der Waals surface area contributed by atoms with Gasteiger partial charge in [0.15, 0.2) is 14.9 Å². The van der Waals surface area contributed by atoms with Crippen LogP contribution in [0.5, 0.6) is 5.06 Å². The van der Waals surface area contributed by atoms with E-state index in [0.29, 0.717) is 20.5 Å². The van der Waals surface area contributed by atoms with Crippen molar-refractivity contribution < 1.29 is 22.7 Å². The lowest BCUT2D eigenvalue weighted by molar-refractivity contribution is -0.145. The fourth-order valence-corrected chi connectivity index (χ4v) is 4.11. The Morgan fingerprint density at radius 2 is 1.76 bits per heavy atom. The summed E-state index contributed by atoms with van der Waals surface area (Å²) in [6, 6.07) is 9.61. The standard InChI is InChI=1S/C17H15ClO5S2/c1-17(2)14(10-4-6-11(7-5-10)25(3,20)21)15(16(19)23-17)22-13-9-8-12(18)24-13/h4-9H,1-3H3. The maximum absolute atomic E-state index is 12.3. The summed E-state index contributed by atoms with van der Waals surface area (Å²) in [5.74, 6) is -0.493. The Kier molecular flexibility index (Phi) is 4.43. The van der Waals surface area contributed by atoms with Crippen molar-refractivity contribution in [2.75, 3.05) is 6.26 Å². The second kappa shape index (κ2) is 6.16. The summed E-state index contributed by atoms with van der Waals surface area (Å²) in [4.78, 5) is 12.5. The number of carbonyl (C=O) groups is 1. The van der Waals surface area contributed by atoms with E-state index in [0.717, 1.165) is 6.26 Å². The number of cyclic esters (lactones) is 1. The van der Waals surface area contributed by atoms with Gasteiger partial charge in [0, 0.05) is 6.26 Å². The van der Waals surface area contributed by atoms with Crippen LogP contribution in [0.1, 0.15) is 19.4 Å². The molecule has 2 aromatic rings. The van der Waals surface area contributed by atoms with Gasteiger partial charge in [-0.1, -0.05) is 35.1 Å². The van der Waals surface area contributed by atoms with Crippen molar-refractivity contribution in [3.8, 4) is 5.06 Å².